The van der Waals surface area contributed by atoms with Crippen molar-refractivity contribution in [1.29, 1.82) is 0 Å². The second-order valence-corrected chi connectivity index (χ2v) is 7.84. The molecule has 0 fully saturated rings. The molecule has 10 heteroatoms. The lowest BCUT2D eigenvalue weighted by Crippen LogP contribution is -2.33. The fourth-order valence-electron chi connectivity index (χ4n) is 3.78. The van der Waals surface area contributed by atoms with E-state index in [0.717, 1.165) is 10.1 Å². The van der Waals surface area contributed by atoms with Crippen LogP contribution < -0.4 is 16.0 Å². The molecule has 3 aromatic rings. The number of amides is 1. The Hall–Kier alpha value is -3.85. The van der Waals surface area contributed by atoms with Gasteiger partial charge >= 0.3 is 5.69 Å². The van der Waals surface area contributed by atoms with Gasteiger partial charge in [-0.3, -0.25) is 14.6 Å². The van der Waals surface area contributed by atoms with Gasteiger partial charge in [0, 0.05) is 18.4 Å². The van der Waals surface area contributed by atoms with E-state index >= 15 is 0 Å². The quantitative estimate of drug-likeness (QED) is 0.597. The van der Waals surface area contributed by atoms with Crippen molar-refractivity contribution in [3.63, 3.8) is 0 Å². The maximum Gasteiger partial charge on any atom is 0.335 e. The average molecular weight is 469 g/mol. The molecule has 0 saturated heterocycles. The Morgan fingerprint density at radius 3 is 2.45 bits per heavy atom. The minimum atomic E-state index is -0.811. The van der Waals surface area contributed by atoms with Crippen LogP contribution in [-0.2, 0) is 4.79 Å². The van der Waals surface area contributed by atoms with Crippen molar-refractivity contribution in [2.75, 3.05) is 6.61 Å². The van der Waals surface area contributed by atoms with E-state index in [-0.39, 0.29) is 23.6 Å². The minimum absolute atomic E-state index is 0.170. The number of aromatic amines is 1. The van der Waals surface area contributed by atoms with Crippen LogP contribution in [0.2, 0.25) is 5.02 Å². The fraction of sp³-hybridized carbons (Fsp3) is 0.217. The summed E-state index contributed by atoms with van der Waals surface area (Å²) >= 11 is 5.91. The SMILES string of the molecule is CCOc1ccc([C@H]2CC(c3c(O)n(-c4ccc(Cl)cc4)c(=O)[nH]c3=O)=NN2C(C)=O)cc1. The van der Waals surface area contributed by atoms with E-state index in [1.165, 1.54) is 24.1 Å². The van der Waals surface area contributed by atoms with E-state index in [4.69, 9.17) is 16.3 Å². The van der Waals surface area contributed by atoms with Gasteiger partial charge in [-0.15, -0.1) is 0 Å². The number of nitrogens with zero attached hydrogens (tertiary/aromatic N) is 3. The molecule has 2 aromatic carbocycles. The van der Waals surface area contributed by atoms with E-state index in [1.54, 1.807) is 24.3 Å². The summed E-state index contributed by atoms with van der Waals surface area (Å²) in [5.74, 6) is -0.203. The standard InChI is InChI=1S/C23H21ClN4O5/c1-3-33-17-10-4-14(5-11-17)19-12-18(26-28(19)13(2)29)20-21(30)25-23(32)27(22(20)31)16-8-6-15(24)7-9-16/h4-11,19,31H,3,12H2,1-2H3,(H,25,30,32)/t19-/m1/s1. The highest BCUT2D eigenvalue weighted by Gasteiger charge is 2.34. The van der Waals surface area contributed by atoms with E-state index in [0.29, 0.717) is 23.1 Å². The van der Waals surface area contributed by atoms with Crippen molar-refractivity contribution in [3.8, 4) is 17.3 Å². The fourth-order valence-corrected chi connectivity index (χ4v) is 3.90. The number of carbonyl (C=O) groups excluding carboxylic acids is 1. The molecule has 0 bridgehead atoms. The van der Waals surface area contributed by atoms with Gasteiger partial charge in [-0.2, -0.15) is 5.10 Å². The van der Waals surface area contributed by atoms with Gasteiger partial charge in [-0.05, 0) is 48.9 Å². The summed E-state index contributed by atoms with van der Waals surface area (Å²) in [6.07, 6.45) is 0.170. The highest BCUT2D eigenvalue weighted by molar-refractivity contribution is 6.30. The molecule has 0 saturated carbocycles. The summed E-state index contributed by atoms with van der Waals surface area (Å²) in [5.41, 5.74) is -0.500. The van der Waals surface area contributed by atoms with Crippen molar-refractivity contribution in [2.24, 2.45) is 5.10 Å². The number of nitrogens with one attached hydrogen (secondary N) is 1. The molecule has 33 heavy (non-hydrogen) atoms. The normalized spacial score (nSPS) is 15.4. The van der Waals surface area contributed by atoms with Gasteiger partial charge in [-0.25, -0.2) is 14.4 Å². The first-order valence-corrected chi connectivity index (χ1v) is 10.6. The van der Waals surface area contributed by atoms with Crippen molar-refractivity contribution >= 4 is 23.2 Å². The highest BCUT2D eigenvalue weighted by atomic mass is 35.5. The van der Waals surface area contributed by atoms with Gasteiger partial charge in [0.05, 0.1) is 24.0 Å². The number of hydrogen-bond acceptors (Lipinski definition) is 6. The summed E-state index contributed by atoms with van der Waals surface area (Å²) in [6.45, 7) is 3.78. The molecular weight excluding hydrogens is 448 g/mol. The molecule has 4 rings (SSSR count). The maximum atomic E-state index is 12.7. The number of rotatable bonds is 5. The second kappa shape index (κ2) is 8.95. The van der Waals surface area contributed by atoms with E-state index in [2.05, 4.69) is 10.1 Å². The molecular formula is C23H21ClN4O5. The van der Waals surface area contributed by atoms with Crippen LogP contribution in [0.4, 0.5) is 0 Å². The molecule has 1 aromatic heterocycles. The summed E-state index contributed by atoms with van der Waals surface area (Å²) < 4.78 is 6.42. The van der Waals surface area contributed by atoms with Gasteiger partial charge in [-0.1, -0.05) is 23.7 Å². The molecule has 2 N–H and O–H groups in total. The topological polar surface area (TPSA) is 117 Å². The van der Waals surface area contributed by atoms with Gasteiger partial charge in [0.2, 0.25) is 11.8 Å². The Kier molecular flexibility index (Phi) is 6.06. The van der Waals surface area contributed by atoms with Crippen LogP contribution in [0, 0.1) is 0 Å². The number of benzene rings is 2. The molecule has 1 aliphatic rings. The molecule has 2 heterocycles. The third-order valence-electron chi connectivity index (χ3n) is 5.27. The predicted molar refractivity (Wildman–Crippen MR) is 123 cm³/mol. The number of aromatic hydroxyl groups is 1. The molecule has 170 valence electrons. The average Bonchev–Trinajstić information content (AvgIpc) is 3.21. The summed E-state index contributed by atoms with van der Waals surface area (Å²) in [7, 11) is 0. The Bertz CT molecular complexity index is 1340. The smallest absolute Gasteiger partial charge is 0.335 e. The third kappa shape index (κ3) is 4.27. The van der Waals surface area contributed by atoms with Crippen LogP contribution in [-0.4, -0.2) is 37.9 Å². The highest BCUT2D eigenvalue weighted by Crippen LogP contribution is 2.34. The van der Waals surface area contributed by atoms with Crippen molar-refractivity contribution in [2.45, 2.75) is 26.3 Å². The molecule has 0 unspecified atom stereocenters. The van der Waals surface area contributed by atoms with Gasteiger partial charge in [0.15, 0.2) is 0 Å². The van der Waals surface area contributed by atoms with Crippen molar-refractivity contribution in [1.82, 2.24) is 14.6 Å². The largest absolute Gasteiger partial charge is 0.494 e. The van der Waals surface area contributed by atoms with Crippen LogP contribution in [0.3, 0.4) is 0 Å². The Balaban J connectivity index is 1.77. The van der Waals surface area contributed by atoms with E-state index < -0.39 is 23.2 Å². The Morgan fingerprint density at radius 1 is 1.18 bits per heavy atom. The van der Waals surface area contributed by atoms with E-state index in [1.807, 2.05) is 19.1 Å². The molecule has 0 spiro atoms. The number of hydrazone groups is 1. The molecule has 1 atom stereocenters. The van der Waals surface area contributed by atoms with Crippen molar-refractivity contribution < 1.29 is 14.6 Å². The Morgan fingerprint density at radius 2 is 1.85 bits per heavy atom. The van der Waals surface area contributed by atoms with Gasteiger partial charge in [0.1, 0.15) is 11.3 Å². The lowest BCUT2D eigenvalue weighted by atomic mass is 9.99. The van der Waals surface area contributed by atoms with Crippen LogP contribution in [0.1, 0.15) is 37.4 Å². The number of carbonyl (C=O) groups is 1. The van der Waals surface area contributed by atoms with Crippen LogP contribution in [0.5, 0.6) is 11.6 Å². The maximum absolute atomic E-state index is 12.7. The van der Waals surface area contributed by atoms with Gasteiger partial charge < -0.3 is 9.84 Å². The molecule has 9 nitrogen and oxygen atoms in total. The number of hydrogen-bond donors (Lipinski definition) is 2. The molecule has 0 radical (unpaired) electrons. The summed E-state index contributed by atoms with van der Waals surface area (Å²) in [5, 5.41) is 17.0. The van der Waals surface area contributed by atoms with Crippen LogP contribution in [0.15, 0.2) is 63.2 Å². The molecule has 1 aliphatic heterocycles. The van der Waals surface area contributed by atoms with Crippen LogP contribution in [0.25, 0.3) is 5.69 Å². The number of halogens is 1. The van der Waals surface area contributed by atoms with Crippen molar-refractivity contribution in [3.05, 3.63) is 85.5 Å². The lowest BCUT2D eigenvalue weighted by molar-refractivity contribution is -0.130. The third-order valence-corrected chi connectivity index (χ3v) is 5.52. The zero-order valence-electron chi connectivity index (χ0n) is 17.9. The zero-order valence-corrected chi connectivity index (χ0v) is 18.7. The predicted octanol–water partition coefficient (Wildman–Crippen LogP) is 2.98. The first-order chi connectivity index (χ1) is 15.8. The molecule has 1 amide bonds. The molecule has 0 aliphatic carbocycles. The van der Waals surface area contributed by atoms with Crippen LogP contribution >= 0.6 is 11.6 Å². The lowest BCUT2D eigenvalue weighted by Gasteiger charge is -2.20. The second-order valence-electron chi connectivity index (χ2n) is 7.40. The van der Waals surface area contributed by atoms with E-state index in [9.17, 15) is 19.5 Å². The van der Waals surface area contributed by atoms with Gasteiger partial charge in [0.25, 0.3) is 5.56 Å². The summed E-state index contributed by atoms with van der Waals surface area (Å²) in [4.78, 5) is 39.6. The first kappa shape index (κ1) is 22.3. The Labute approximate surface area is 193 Å². The number of aromatic nitrogens is 2. The zero-order chi connectivity index (χ0) is 23.7. The minimum Gasteiger partial charge on any atom is -0.494 e. The first-order valence-electron chi connectivity index (χ1n) is 10.2. The number of H-pyrrole nitrogens is 1. The summed E-state index contributed by atoms with van der Waals surface area (Å²) in [6, 6.07) is 12.9. The monoisotopic (exact) mass is 468 g/mol. The number of ether oxygens (including phenoxy) is 1.